The molecule has 0 spiro atoms. The lowest BCUT2D eigenvalue weighted by Crippen LogP contribution is -2.19. The van der Waals surface area contributed by atoms with Gasteiger partial charge in [0.1, 0.15) is 17.4 Å². The van der Waals surface area contributed by atoms with Crippen LogP contribution in [0.1, 0.15) is 24.1 Å². The Kier molecular flexibility index (Phi) is 5.98. The van der Waals surface area contributed by atoms with E-state index >= 15 is 0 Å². The first kappa shape index (κ1) is 18.0. The number of rotatable bonds is 7. The fourth-order valence-corrected chi connectivity index (χ4v) is 2.46. The molecule has 1 N–H and O–H groups in total. The van der Waals surface area contributed by atoms with E-state index in [0.29, 0.717) is 29.4 Å². The van der Waals surface area contributed by atoms with Gasteiger partial charge in [0.05, 0.1) is 21.3 Å². The third kappa shape index (κ3) is 3.94. The summed E-state index contributed by atoms with van der Waals surface area (Å²) < 4.78 is 42.8. The number of methoxy groups -OCH3 is 3. The van der Waals surface area contributed by atoms with Crippen molar-refractivity contribution in [1.82, 2.24) is 5.32 Å². The molecule has 0 radical (unpaired) electrons. The monoisotopic (exact) mass is 337 g/mol. The minimum Gasteiger partial charge on any atom is -0.496 e. The van der Waals surface area contributed by atoms with Gasteiger partial charge in [0, 0.05) is 35.8 Å². The topological polar surface area (TPSA) is 39.7 Å². The van der Waals surface area contributed by atoms with Gasteiger partial charge in [-0.2, -0.15) is 0 Å². The van der Waals surface area contributed by atoms with Crippen LogP contribution >= 0.6 is 0 Å². The van der Waals surface area contributed by atoms with Crippen LogP contribution in [0.2, 0.25) is 0 Å². The zero-order chi connectivity index (χ0) is 17.7. The van der Waals surface area contributed by atoms with Crippen molar-refractivity contribution in [3.8, 4) is 17.2 Å². The van der Waals surface area contributed by atoms with E-state index in [4.69, 9.17) is 14.2 Å². The Morgan fingerprint density at radius 2 is 1.54 bits per heavy atom. The summed E-state index contributed by atoms with van der Waals surface area (Å²) in [7, 11) is 4.67. The first-order valence-electron chi connectivity index (χ1n) is 7.47. The van der Waals surface area contributed by atoms with E-state index in [1.165, 1.54) is 12.1 Å². The average molecular weight is 337 g/mol. The lowest BCUT2D eigenvalue weighted by atomic mass is 10.1. The van der Waals surface area contributed by atoms with Crippen molar-refractivity contribution in [3.63, 3.8) is 0 Å². The van der Waals surface area contributed by atoms with Crippen molar-refractivity contribution in [3.05, 3.63) is 53.1 Å². The molecule has 0 saturated carbocycles. The molecule has 2 aromatic carbocycles. The van der Waals surface area contributed by atoms with Gasteiger partial charge in [-0.25, -0.2) is 8.78 Å². The van der Waals surface area contributed by atoms with E-state index in [2.05, 4.69) is 5.32 Å². The van der Waals surface area contributed by atoms with Crippen molar-refractivity contribution >= 4 is 0 Å². The highest BCUT2D eigenvalue weighted by Gasteiger charge is 2.15. The maximum atomic E-state index is 13.8. The summed E-state index contributed by atoms with van der Waals surface area (Å²) in [6, 6.07) is 6.80. The summed E-state index contributed by atoms with van der Waals surface area (Å²) >= 11 is 0. The number of hydrogen-bond donors (Lipinski definition) is 1. The highest BCUT2D eigenvalue weighted by Crippen LogP contribution is 2.34. The van der Waals surface area contributed by atoms with Gasteiger partial charge in [0.15, 0.2) is 11.5 Å². The minimum atomic E-state index is -0.593. The number of halogens is 2. The van der Waals surface area contributed by atoms with E-state index < -0.39 is 11.6 Å². The molecule has 0 aliphatic heterocycles. The summed E-state index contributed by atoms with van der Waals surface area (Å²) in [5.74, 6) is 0.609. The van der Waals surface area contributed by atoms with Gasteiger partial charge in [-0.05, 0) is 19.1 Å². The molecule has 0 bridgehead atoms. The van der Waals surface area contributed by atoms with Crippen LogP contribution in [-0.2, 0) is 6.54 Å². The van der Waals surface area contributed by atoms with Crippen LogP contribution in [0.3, 0.4) is 0 Å². The molecule has 130 valence electrons. The molecule has 6 heteroatoms. The minimum absolute atomic E-state index is 0.302. The predicted molar refractivity (Wildman–Crippen MR) is 87.7 cm³/mol. The lowest BCUT2D eigenvalue weighted by molar-refractivity contribution is 0.346. The molecule has 0 aliphatic carbocycles. The van der Waals surface area contributed by atoms with E-state index in [1.54, 1.807) is 33.5 Å². The quantitative estimate of drug-likeness (QED) is 0.833. The maximum Gasteiger partial charge on any atom is 0.164 e. The molecule has 0 aromatic heterocycles. The normalized spacial score (nSPS) is 11.9. The largest absolute Gasteiger partial charge is 0.496 e. The Balaban J connectivity index is 2.18. The smallest absolute Gasteiger partial charge is 0.164 e. The van der Waals surface area contributed by atoms with Crippen LogP contribution in [0.25, 0.3) is 0 Å². The van der Waals surface area contributed by atoms with Crippen molar-refractivity contribution in [1.29, 1.82) is 0 Å². The van der Waals surface area contributed by atoms with Crippen LogP contribution in [-0.4, -0.2) is 21.3 Å². The Bertz CT molecular complexity index is 707. The Morgan fingerprint density at radius 1 is 0.917 bits per heavy atom. The SMILES string of the molecule is COc1cc(OC)c(OC)cc1CNC(C)c1ccc(F)cc1F. The van der Waals surface area contributed by atoms with Crippen LogP contribution < -0.4 is 19.5 Å². The van der Waals surface area contributed by atoms with Crippen LogP contribution in [0.4, 0.5) is 8.78 Å². The second-order valence-electron chi connectivity index (χ2n) is 5.29. The van der Waals surface area contributed by atoms with E-state index in [9.17, 15) is 8.78 Å². The Morgan fingerprint density at radius 3 is 2.12 bits per heavy atom. The van der Waals surface area contributed by atoms with Gasteiger partial charge in [-0.15, -0.1) is 0 Å². The fraction of sp³-hybridized carbons (Fsp3) is 0.333. The summed E-state index contributed by atoms with van der Waals surface area (Å²) in [4.78, 5) is 0. The Labute approximate surface area is 140 Å². The molecule has 1 unspecified atom stereocenters. The van der Waals surface area contributed by atoms with Gasteiger partial charge in [-0.1, -0.05) is 6.07 Å². The maximum absolute atomic E-state index is 13.8. The molecular weight excluding hydrogens is 316 g/mol. The summed E-state index contributed by atoms with van der Waals surface area (Å²) in [5, 5.41) is 3.20. The highest BCUT2D eigenvalue weighted by molar-refractivity contribution is 5.50. The molecule has 4 nitrogen and oxygen atoms in total. The fourth-order valence-electron chi connectivity index (χ4n) is 2.46. The van der Waals surface area contributed by atoms with Gasteiger partial charge in [0.25, 0.3) is 0 Å². The first-order valence-corrected chi connectivity index (χ1v) is 7.47. The molecule has 0 heterocycles. The van der Waals surface area contributed by atoms with E-state index in [-0.39, 0.29) is 6.04 Å². The molecule has 0 fully saturated rings. The summed E-state index contributed by atoms with van der Waals surface area (Å²) in [5.41, 5.74) is 1.24. The third-order valence-electron chi connectivity index (χ3n) is 3.81. The van der Waals surface area contributed by atoms with E-state index in [0.717, 1.165) is 11.6 Å². The highest BCUT2D eigenvalue weighted by atomic mass is 19.1. The second kappa shape index (κ2) is 7.97. The first-order chi connectivity index (χ1) is 11.5. The lowest BCUT2D eigenvalue weighted by Gasteiger charge is -2.18. The van der Waals surface area contributed by atoms with Crippen LogP contribution in [0.15, 0.2) is 30.3 Å². The van der Waals surface area contributed by atoms with Crippen LogP contribution in [0, 0.1) is 11.6 Å². The standard InChI is InChI=1S/C18H21F2NO3/c1-11(14-6-5-13(19)8-15(14)20)21-10-12-7-17(23-3)18(24-4)9-16(12)22-2/h5-9,11,21H,10H2,1-4H3. The second-order valence-corrected chi connectivity index (χ2v) is 5.29. The van der Waals surface area contributed by atoms with Gasteiger partial charge in [-0.3, -0.25) is 0 Å². The van der Waals surface area contributed by atoms with Crippen molar-refractivity contribution in [2.45, 2.75) is 19.5 Å². The zero-order valence-corrected chi connectivity index (χ0v) is 14.2. The van der Waals surface area contributed by atoms with Crippen molar-refractivity contribution in [2.75, 3.05) is 21.3 Å². The average Bonchev–Trinajstić information content (AvgIpc) is 2.58. The summed E-state index contributed by atoms with van der Waals surface area (Å²) in [6.07, 6.45) is 0. The molecule has 24 heavy (non-hydrogen) atoms. The molecule has 0 saturated heterocycles. The predicted octanol–water partition coefficient (Wildman–Crippen LogP) is 3.84. The van der Waals surface area contributed by atoms with E-state index in [1.807, 2.05) is 6.92 Å². The third-order valence-corrected chi connectivity index (χ3v) is 3.81. The molecule has 0 aliphatic rings. The number of hydrogen-bond acceptors (Lipinski definition) is 4. The Hall–Kier alpha value is -2.34. The number of ether oxygens (including phenoxy) is 3. The van der Waals surface area contributed by atoms with Gasteiger partial charge < -0.3 is 19.5 Å². The molecule has 0 amide bonds. The van der Waals surface area contributed by atoms with Gasteiger partial charge >= 0.3 is 0 Å². The van der Waals surface area contributed by atoms with Crippen molar-refractivity contribution in [2.24, 2.45) is 0 Å². The molecular formula is C18H21F2NO3. The number of nitrogens with one attached hydrogen (secondary N) is 1. The van der Waals surface area contributed by atoms with Gasteiger partial charge in [0.2, 0.25) is 0 Å². The summed E-state index contributed by atoms with van der Waals surface area (Å²) in [6.45, 7) is 2.23. The number of benzene rings is 2. The molecule has 1 atom stereocenters. The zero-order valence-electron chi connectivity index (χ0n) is 14.2. The van der Waals surface area contributed by atoms with Crippen LogP contribution in [0.5, 0.6) is 17.2 Å². The van der Waals surface area contributed by atoms with Crippen molar-refractivity contribution < 1.29 is 23.0 Å². The molecule has 2 aromatic rings. The molecule has 2 rings (SSSR count).